The molecule has 2 amide bonds. The van der Waals surface area contributed by atoms with Crippen LogP contribution in [0.4, 0.5) is 4.79 Å². The lowest BCUT2D eigenvalue weighted by Gasteiger charge is -2.08. The number of hydrogen-bond acceptors (Lipinski definition) is 4. The molecule has 7 heteroatoms. The number of carboxylic acid groups (broad SMARTS) is 1. The maximum atomic E-state index is 11.5. The third-order valence-corrected chi connectivity index (χ3v) is 2.59. The van der Waals surface area contributed by atoms with E-state index in [0.29, 0.717) is 26.4 Å². The van der Waals surface area contributed by atoms with Gasteiger partial charge in [-0.2, -0.15) is 0 Å². The second-order valence-corrected chi connectivity index (χ2v) is 4.22. The number of rotatable bonds is 9. The van der Waals surface area contributed by atoms with Gasteiger partial charge in [0, 0.05) is 20.2 Å². The lowest BCUT2D eigenvalue weighted by molar-refractivity contribution is 0.0696. The highest BCUT2D eigenvalue weighted by atomic mass is 16.5. The highest BCUT2D eigenvalue weighted by Crippen LogP contribution is 2.04. The predicted octanol–water partition coefficient (Wildman–Crippen LogP) is 0.847. The molecule has 0 unspecified atom stereocenters. The normalized spacial score (nSPS) is 10.1. The van der Waals surface area contributed by atoms with Crippen LogP contribution < -0.4 is 10.6 Å². The van der Waals surface area contributed by atoms with Gasteiger partial charge in [-0.05, 0) is 17.7 Å². The van der Waals surface area contributed by atoms with Crippen LogP contribution in [0.5, 0.6) is 0 Å². The quantitative estimate of drug-likeness (QED) is 0.587. The molecule has 21 heavy (non-hydrogen) atoms. The summed E-state index contributed by atoms with van der Waals surface area (Å²) in [6.07, 6.45) is 0. The molecule has 0 radical (unpaired) electrons. The van der Waals surface area contributed by atoms with Crippen LogP contribution in [0.2, 0.25) is 0 Å². The zero-order chi connectivity index (χ0) is 15.5. The molecule has 0 aromatic heterocycles. The summed E-state index contributed by atoms with van der Waals surface area (Å²) in [4.78, 5) is 22.3. The van der Waals surface area contributed by atoms with E-state index >= 15 is 0 Å². The standard InChI is InChI=1S/C14H20N2O5/c1-20-7-8-21-6-5-15-14(19)16-10-11-3-2-4-12(9-11)13(17)18/h2-4,9H,5-8,10H2,1H3,(H,17,18)(H2,15,16,19). The van der Waals surface area contributed by atoms with Crippen molar-refractivity contribution in [3.8, 4) is 0 Å². The van der Waals surface area contributed by atoms with E-state index in [2.05, 4.69) is 10.6 Å². The van der Waals surface area contributed by atoms with Crippen LogP contribution in [0, 0.1) is 0 Å². The Balaban J connectivity index is 2.21. The number of benzene rings is 1. The average Bonchev–Trinajstić information content (AvgIpc) is 2.49. The molecule has 1 rings (SSSR count). The van der Waals surface area contributed by atoms with E-state index in [1.807, 2.05) is 0 Å². The van der Waals surface area contributed by atoms with Crippen molar-refractivity contribution in [2.75, 3.05) is 33.5 Å². The van der Waals surface area contributed by atoms with Crippen molar-refractivity contribution in [3.05, 3.63) is 35.4 Å². The Bertz CT molecular complexity index is 464. The number of hydrogen-bond donors (Lipinski definition) is 3. The molecular weight excluding hydrogens is 276 g/mol. The first kappa shape index (κ1) is 16.9. The van der Waals surface area contributed by atoms with E-state index in [1.54, 1.807) is 19.2 Å². The fraction of sp³-hybridized carbons (Fsp3) is 0.429. The highest BCUT2D eigenvalue weighted by Gasteiger charge is 2.04. The Labute approximate surface area is 123 Å². The SMILES string of the molecule is COCCOCCNC(=O)NCc1cccc(C(=O)O)c1. The van der Waals surface area contributed by atoms with Crippen LogP contribution in [-0.4, -0.2) is 50.6 Å². The average molecular weight is 296 g/mol. The van der Waals surface area contributed by atoms with E-state index in [9.17, 15) is 9.59 Å². The maximum Gasteiger partial charge on any atom is 0.335 e. The second kappa shape index (κ2) is 9.73. The monoisotopic (exact) mass is 296 g/mol. The Hall–Kier alpha value is -2.12. The van der Waals surface area contributed by atoms with Crippen molar-refractivity contribution in [2.24, 2.45) is 0 Å². The Morgan fingerprint density at radius 3 is 2.71 bits per heavy atom. The number of nitrogens with one attached hydrogen (secondary N) is 2. The summed E-state index contributed by atoms with van der Waals surface area (Å²) in [5.74, 6) is -0.991. The molecular formula is C14H20N2O5. The van der Waals surface area contributed by atoms with Gasteiger partial charge in [-0.15, -0.1) is 0 Å². The third kappa shape index (κ3) is 7.28. The Kier molecular flexibility index (Phi) is 7.85. The summed E-state index contributed by atoms with van der Waals surface area (Å²) in [7, 11) is 1.59. The molecule has 0 bridgehead atoms. The minimum absolute atomic E-state index is 0.196. The lowest BCUT2D eigenvalue weighted by Crippen LogP contribution is -2.37. The zero-order valence-electron chi connectivity index (χ0n) is 11.9. The molecule has 0 aliphatic carbocycles. The molecule has 1 aromatic rings. The Morgan fingerprint density at radius 1 is 1.19 bits per heavy atom. The minimum Gasteiger partial charge on any atom is -0.478 e. The topological polar surface area (TPSA) is 96.9 Å². The summed E-state index contributed by atoms with van der Waals surface area (Å²) in [5, 5.41) is 14.1. The second-order valence-electron chi connectivity index (χ2n) is 4.22. The van der Waals surface area contributed by atoms with Gasteiger partial charge in [-0.25, -0.2) is 9.59 Å². The first-order valence-electron chi connectivity index (χ1n) is 6.54. The van der Waals surface area contributed by atoms with Crippen molar-refractivity contribution in [2.45, 2.75) is 6.54 Å². The van der Waals surface area contributed by atoms with Gasteiger partial charge < -0.3 is 25.2 Å². The molecule has 116 valence electrons. The predicted molar refractivity (Wildman–Crippen MR) is 76.3 cm³/mol. The zero-order valence-corrected chi connectivity index (χ0v) is 11.9. The van der Waals surface area contributed by atoms with E-state index in [1.165, 1.54) is 12.1 Å². The van der Waals surface area contributed by atoms with Gasteiger partial charge in [0.2, 0.25) is 0 Å². The Morgan fingerprint density at radius 2 is 2.00 bits per heavy atom. The summed E-state index contributed by atoms with van der Waals surface area (Å²) < 4.78 is 10.0. The number of carbonyl (C=O) groups is 2. The molecule has 0 fully saturated rings. The summed E-state index contributed by atoms with van der Waals surface area (Å²) >= 11 is 0. The van der Waals surface area contributed by atoms with Crippen molar-refractivity contribution >= 4 is 12.0 Å². The van der Waals surface area contributed by atoms with Crippen LogP contribution in [-0.2, 0) is 16.0 Å². The number of carbonyl (C=O) groups excluding carboxylic acids is 1. The van der Waals surface area contributed by atoms with Crippen LogP contribution in [0.15, 0.2) is 24.3 Å². The molecule has 3 N–H and O–H groups in total. The molecule has 0 spiro atoms. The van der Waals surface area contributed by atoms with Gasteiger partial charge in [0.25, 0.3) is 0 Å². The number of ether oxygens (including phenoxy) is 2. The molecule has 7 nitrogen and oxygen atoms in total. The van der Waals surface area contributed by atoms with Gasteiger partial charge in [0.1, 0.15) is 0 Å². The van der Waals surface area contributed by atoms with Crippen molar-refractivity contribution in [1.82, 2.24) is 10.6 Å². The maximum absolute atomic E-state index is 11.5. The summed E-state index contributed by atoms with van der Waals surface area (Å²) in [6, 6.07) is 6.09. The van der Waals surface area contributed by atoms with Crippen LogP contribution in [0.1, 0.15) is 15.9 Å². The van der Waals surface area contributed by atoms with Crippen molar-refractivity contribution < 1.29 is 24.2 Å². The number of amides is 2. The van der Waals surface area contributed by atoms with Crippen LogP contribution >= 0.6 is 0 Å². The fourth-order valence-corrected chi connectivity index (χ4v) is 1.54. The molecule has 1 aromatic carbocycles. The fourth-order valence-electron chi connectivity index (χ4n) is 1.54. The number of urea groups is 1. The first-order valence-corrected chi connectivity index (χ1v) is 6.54. The largest absolute Gasteiger partial charge is 0.478 e. The van der Waals surface area contributed by atoms with Crippen molar-refractivity contribution in [3.63, 3.8) is 0 Å². The minimum atomic E-state index is -0.991. The first-order chi connectivity index (χ1) is 10.1. The number of methoxy groups -OCH3 is 1. The van der Waals surface area contributed by atoms with Gasteiger partial charge >= 0.3 is 12.0 Å². The number of aromatic carboxylic acids is 1. The molecule has 0 saturated carbocycles. The van der Waals surface area contributed by atoms with Crippen LogP contribution in [0.3, 0.4) is 0 Å². The highest BCUT2D eigenvalue weighted by molar-refractivity contribution is 5.87. The van der Waals surface area contributed by atoms with Gasteiger partial charge in [-0.3, -0.25) is 0 Å². The molecule has 0 saturated heterocycles. The number of carboxylic acids is 1. The van der Waals surface area contributed by atoms with Crippen molar-refractivity contribution in [1.29, 1.82) is 0 Å². The van der Waals surface area contributed by atoms with Gasteiger partial charge in [0.05, 0.1) is 25.4 Å². The van der Waals surface area contributed by atoms with E-state index in [4.69, 9.17) is 14.6 Å². The van der Waals surface area contributed by atoms with Gasteiger partial charge in [-0.1, -0.05) is 12.1 Å². The lowest BCUT2D eigenvalue weighted by atomic mass is 10.1. The van der Waals surface area contributed by atoms with E-state index in [-0.39, 0.29) is 18.1 Å². The van der Waals surface area contributed by atoms with Gasteiger partial charge in [0.15, 0.2) is 0 Å². The van der Waals surface area contributed by atoms with E-state index in [0.717, 1.165) is 5.56 Å². The molecule has 0 aliphatic rings. The smallest absolute Gasteiger partial charge is 0.335 e. The molecule has 0 aliphatic heterocycles. The van der Waals surface area contributed by atoms with E-state index < -0.39 is 5.97 Å². The third-order valence-electron chi connectivity index (χ3n) is 2.59. The molecule has 0 heterocycles. The summed E-state index contributed by atoms with van der Waals surface area (Å²) in [5.41, 5.74) is 0.919. The molecule has 0 atom stereocenters. The van der Waals surface area contributed by atoms with Crippen LogP contribution in [0.25, 0.3) is 0 Å². The summed E-state index contributed by atoms with van der Waals surface area (Å²) in [6.45, 7) is 2.07.